The predicted octanol–water partition coefficient (Wildman–Crippen LogP) is 3.44. The van der Waals surface area contributed by atoms with E-state index in [0.29, 0.717) is 17.3 Å². The average Bonchev–Trinajstić information content (AvgIpc) is 3.43. The minimum atomic E-state index is -0.608. The van der Waals surface area contributed by atoms with E-state index in [1.54, 1.807) is 26.4 Å². The Morgan fingerprint density at radius 3 is 2.52 bits per heavy atom. The number of nitrogens with zero attached hydrogens (tertiary/aromatic N) is 3. The second kappa shape index (κ2) is 9.89. The number of carbonyl (C=O) groups is 2. The Morgan fingerprint density at radius 1 is 1.15 bits per heavy atom. The zero-order valence-electron chi connectivity index (χ0n) is 19.2. The van der Waals surface area contributed by atoms with Gasteiger partial charge in [-0.1, -0.05) is 31.4 Å². The summed E-state index contributed by atoms with van der Waals surface area (Å²) in [6.45, 7) is 1.91. The second-order valence-electron chi connectivity index (χ2n) is 8.47. The summed E-state index contributed by atoms with van der Waals surface area (Å²) in [7, 11) is 3.30. The van der Waals surface area contributed by atoms with E-state index in [9.17, 15) is 9.59 Å². The van der Waals surface area contributed by atoms with Gasteiger partial charge in [-0.25, -0.2) is 5.10 Å². The monoisotopic (exact) mass is 450 g/mol. The van der Waals surface area contributed by atoms with Crippen LogP contribution >= 0.6 is 0 Å². The van der Waals surface area contributed by atoms with Crippen LogP contribution in [0.3, 0.4) is 0 Å². The van der Waals surface area contributed by atoms with E-state index in [2.05, 4.69) is 25.9 Å². The highest BCUT2D eigenvalue weighted by atomic mass is 16.5. The number of aromatic nitrogens is 4. The molecule has 1 aliphatic rings. The highest BCUT2D eigenvalue weighted by Gasteiger charge is 2.32. The molecule has 0 unspecified atom stereocenters. The molecule has 2 aromatic heterocycles. The zero-order valence-corrected chi connectivity index (χ0v) is 19.2. The number of carbonyl (C=O) groups excluding carboxylic acids is 2. The molecular weight excluding hydrogens is 420 g/mol. The number of anilines is 1. The number of methoxy groups -OCH3 is 1. The Hall–Kier alpha value is -3.62. The van der Waals surface area contributed by atoms with Crippen molar-refractivity contribution in [3.8, 4) is 17.0 Å². The van der Waals surface area contributed by atoms with E-state index in [1.165, 1.54) is 11.1 Å². The average molecular weight is 451 g/mol. The molecule has 174 valence electrons. The van der Waals surface area contributed by atoms with E-state index in [0.717, 1.165) is 42.5 Å². The number of benzene rings is 1. The third kappa shape index (κ3) is 4.92. The largest absolute Gasteiger partial charge is 0.481 e. The lowest BCUT2D eigenvalue weighted by Gasteiger charge is -2.30. The topological polar surface area (TPSA) is 114 Å². The summed E-state index contributed by atoms with van der Waals surface area (Å²) in [5.41, 5.74) is 3.75. The van der Waals surface area contributed by atoms with Crippen LogP contribution in [0.2, 0.25) is 0 Å². The van der Waals surface area contributed by atoms with Gasteiger partial charge in [-0.15, -0.1) is 0 Å². The molecule has 2 amide bonds. The van der Waals surface area contributed by atoms with Crippen LogP contribution in [0.5, 0.6) is 5.88 Å². The Balaban J connectivity index is 1.50. The van der Waals surface area contributed by atoms with Crippen LogP contribution in [0.25, 0.3) is 11.1 Å². The molecule has 1 atom stereocenters. The lowest BCUT2D eigenvalue weighted by molar-refractivity contribution is -0.119. The van der Waals surface area contributed by atoms with Crippen molar-refractivity contribution in [3.63, 3.8) is 0 Å². The molecule has 0 aliphatic heterocycles. The number of aryl methyl sites for hydroxylation is 2. The first-order valence-corrected chi connectivity index (χ1v) is 11.3. The maximum absolute atomic E-state index is 13.3. The van der Waals surface area contributed by atoms with Crippen molar-refractivity contribution in [2.75, 3.05) is 12.4 Å². The molecule has 3 N–H and O–H groups in total. The number of H-pyrrole nitrogens is 1. The van der Waals surface area contributed by atoms with Crippen molar-refractivity contribution < 1.29 is 14.3 Å². The van der Waals surface area contributed by atoms with Gasteiger partial charge in [0.05, 0.1) is 18.4 Å². The van der Waals surface area contributed by atoms with Crippen LogP contribution in [-0.2, 0) is 11.8 Å². The molecule has 0 spiro atoms. The highest BCUT2D eigenvalue weighted by molar-refractivity contribution is 6.00. The zero-order chi connectivity index (χ0) is 23.4. The second-order valence-corrected chi connectivity index (χ2v) is 8.47. The maximum atomic E-state index is 13.3. The fraction of sp³-hybridized carbons (Fsp3) is 0.417. The number of amides is 2. The van der Waals surface area contributed by atoms with E-state index in [-0.39, 0.29) is 17.7 Å². The van der Waals surface area contributed by atoms with Gasteiger partial charge in [-0.3, -0.25) is 14.3 Å². The summed E-state index contributed by atoms with van der Waals surface area (Å²) in [6, 6.07) is 8.57. The van der Waals surface area contributed by atoms with Crippen molar-refractivity contribution in [1.82, 2.24) is 25.3 Å². The van der Waals surface area contributed by atoms with Crippen LogP contribution in [0.1, 0.15) is 48.3 Å². The first-order valence-electron chi connectivity index (χ1n) is 11.3. The molecule has 3 aromatic rings. The molecule has 33 heavy (non-hydrogen) atoms. The Morgan fingerprint density at radius 2 is 1.88 bits per heavy atom. The predicted molar refractivity (Wildman–Crippen MR) is 125 cm³/mol. The van der Waals surface area contributed by atoms with E-state index in [1.807, 2.05) is 31.2 Å². The lowest BCUT2D eigenvalue weighted by Crippen LogP contribution is -2.49. The van der Waals surface area contributed by atoms with Crippen molar-refractivity contribution in [2.45, 2.75) is 45.1 Å². The number of nitrogens with one attached hydrogen (secondary N) is 3. The molecule has 2 heterocycles. The van der Waals surface area contributed by atoms with Crippen LogP contribution in [0, 0.1) is 12.8 Å². The van der Waals surface area contributed by atoms with E-state index < -0.39 is 6.04 Å². The van der Waals surface area contributed by atoms with Gasteiger partial charge in [0.2, 0.25) is 11.8 Å². The van der Waals surface area contributed by atoms with Gasteiger partial charge < -0.3 is 15.4 Å². The number of hydrogen-bond donors (Lipinski definition) is 3. The molecule has 4 rings (SSSR count). The Labute approximate surface area is 192 Å². The fourth-order valence-corrected chi connectivity index (χ4v) is 4.52. The minimum Gasteiger partial charge on any atom is -0.481 e. The van der Waals surface area contributed by atoms with Gasteiger partial charge in [0.25, 0.3) is 5.91 Å². The molecule has 1 aromatic carbocycles. The summed E-state index contributed by atoms with van der Waals surface area (Å²) >= 11 is 0. The van der Waals surface area contributed by atoms with Gasteiger partial charge in [0.15, 0.2) is 0 Å². The van der Waals surface area contributed by atoms with Crippen LogP contribution in [0.4, 0.5) is 5.69 Å². The van der Waals surface area contributed by atoms with Gasteiger partial charge in [0.1, 0.15) is 11.7 Å². The third-order valence-electron chi connectivity index (χ3n) is 6.30. The van der Waals surface area contributed by atoms with Crippen molar-refractivity contribution in [3.05, 3.63) is 47.9 Å². The maximum Gasteiger partial charge on any atom is 0.270 e. The number of ether oxygens (including phenoxy) is 1. The first-order chi connectivity index (χ1) is 16.0. The van der Waals surface area contributed by atoms with Gasteiger partial charge in [-0.2, -0.15) is 10.2 Å². The molecule has 0 bridgehead atoms. The molecule has 9 nitrogen and oxygen atoms in total. The standard InChI is InChI=1S/C24H30N6O3/c1-15-20(24(33-3)29-28-15)16-9-11-18(12-10-16)26-23(32)21(17-7-5-4-6-8-17)27-22(31)19-13-14-25-30(19)2/h9-14,17,21H,4-8H2,1-3H3,(H,26,32)(H,27,31)(H,28,29)/t21-/m0/s1. The summed E-state index contributed by atoms with van der Waals surface area (Å²) in [5.74, 6) is 0.202. The molecule has 0 radical (unpaired) electrons. The Bertz CT molecular complexity index is 1110. The molecule has 1 fully saturated rings. The van der Waals surface area contributed by atoms with E-state index in [4.69, 9.17) is 4.74 Å². The normalized spacial score (nSPS) is 15.1. The van der Waals surface area contributed by atoms with Crippen LogP contribution < -0.4 is 15.4 Å². The van der Waals surface area contributed by atoms with Crippen molar-refractivity contribution in [1.29, 1.82) is 0 Å². The summed E-state index contributed by atoms with van der Waals surface area (Å²) in [6.07, 6.45) is 6.71. The van der Waals surface area contributed by atoms with Crippen molar-refractivity contribution >= 4 is 17.5 Å². The molecule has 0 saturated heterocycles. The summed E-state index contributed by atoms with van der Waals surface area (Å²) in [4.78, 5) is 26.1. The first kappa shape index (κ1) is 22.6. The van der Waals surface area contributed by atoms with Crippen LogP contribution in [-0.4, -0.2) is 44.9 Å². The molecule has 9 heteroatoms. The highest BCUT2D eigenvalue weighted by Crippen LogP contribution is 2.32. The quantitative estimate of drug-likeness (QED) is 0.510. The number of hydrogen-bond acceptors (Lipinski definition) is 5. The van der Waals surface area contributed by atoms with Crippen LogP contribution in [0.15, 0.2) is 36.5 Å². The molecular formula is C24H30N6O3. The summed E-state index contributed by atoms with van der Waals surface area (Å²) in [5, 5.41) is 17.1. The third-order valence-corrected chi connectivity index (χ3v) is 6.30. The smallest absolute Gasteiger partial charge is 0.270 e. The van der Waals surface area contributed by atoms with Gasteiger partial charge in [0, 0.05) is 18.9 Å². The molecule has 1 saturated carbocycles. The van der Waals surface area contributed by atoms with Gasteiger partial charge >= 0.3 is 0 Å². The number of rotatable bonds is 7. The SMILES string of the molecule is COc1[nH]nc(C)c1-c1ccc(NC(=O)[C@@H](NC(=O)c2ccnn2C)C2CCCCC2)cc1. The molecule has 1 aliphatic carbocycles. The van der Waals surface area contributed by atoms with Crippen molar-refractivity contribution in [2.24, 2.45) is 13.0 Å². The Kier molecular flexibility index (Phi) is 6.76. The van der Waals surface area contributed by atoms with Gasteiger partial charge in [-0.05, 0) is 49.4 Å². The number of aromatic amines is 1. The summed E-state index contributed by atoms with van der Waals surface area (Å²) < 4.78 is 6.87. The fourth-order valence-electron chi connectivity index (χ4n) is 4.52. The lowest BCUT2D eigenvalue weighted by atomic mass is 9.83. The minimum absolute atomic E-state index is 0.105. The van der Waals surface area contributed by atoms with E-state index >= 15 is 0 Å².